The monoisotopic (exact) mass is 399 g/mol. The van der Waals surface area contributed by atoms with Crippen LogP contribution in [0.5, 0.6) is 0 Å². The molecule has 0 unspecified atom stereocenters. The molecule has 0 aliphatic carbocycles. The molecular formula is C23H38NNaO3. The molecule has 0 saturated carbocycles. The summed E-state index contributed by atoms with van der Waals surface area (Å²) in [4.78, 5) is 23.4. The van der Waals surface area contributed by atoms with Crippen LogP contribution >= 0.6 is 0 Å². The summed E-state index contributed by atoms with van der Waals surface area (Å²) in [5, 5.41) is 12.0. The standard InChI is InChI=1S/C23H37NO3.Na.H/c1-2-3-4-5-6-7-8-9-10-11-15-18-22(25)24-21(23(26)27)19-20-16-13-12-14-17-20;;/h12-14,16-17,21H,2-11,15,18-19H2,1H3,(H,24,25)(H,26,27);;/t21-;;/m0../s1. The normalized spacial score (nSPS) is 11.5. The number of rotatable bonds is 16. The van der Waals surface area contributed by atoms with Crippen LogP contribution in [0, 0.1) is 0 Å². The van der Waals surface area contributed by atoms with Crippen LogP contribution in [0.25, 0.3) is 0 Å². The van der Waals surface area contributed by atoms with Crippen molar-refractivity contribution in [1.29, 1.82) is 0 Å². The van der Waals surface area contributed by atoms with E-state index < -0.39 is 12.0 Å². The van der Waals surface area contributed by atoms with Crippen LogP contribution in [0.15, 0.2) is 30.3 Å². The van der Waals surface area contributed by atoms with Gasteiger partial charge in [0.05, 0.1) is 0 Å². The third kappa shape index (κ3) is 14.2. The molecule has 28 heavy (non-hydrogen) atoms. The number of carbonyl (C=O) groups excluding carboxylic acids is 1. The van der Waals surface area contributed by atoms with E-state index in [1.54, 1.807) is 0 Å². The topological polar surface area (TPSA) is 66.4 Å². The van der Waals surface area contributed by atoms with Gasteiger partial charge in [0.1, 0.15) is 6.04 Å². The number of carboxylic acid groups (broad SMARTS) is 1. The van der Waals surface area contributed by atoms with Crippen molar-refractivity contribution >= 4 is 41.4 Å². The van der Waals surface area contributed by atoms with Gasteiger partial charge in [-0.25, -0.2) is 4.79 Å². The van der Waals surface area contributed by atoms with Gasteiger partial charge in [-0.3, -0.25) is 4.79 Å². The molecule has 0 aliphatic rings. The first-order valence-electron chi connectivity index (χ1n) is 10.7. The Hall–Kier alpha value is -0.840. The van der Waals surface area contributed by atoms with E-state index in [9.17, 15) is 14.7 Å². The van der Waals surface area contributed by atoms with Gasteiger partial charge in [-0.1, -0.05) is 101 Å². The first kappa shape index (κ1) is 27.2. The van der Waals surface area contributed by atoms with Crippen LogP contribution in [0.2, 0.25) is 0 Å². The Morgan fingerprint density at radius 2 is 1.36 bits per heavy atom. The van der Waals surface area contributed by atoms with E-state index in [1.165, 1.54) is 51.4 Å². The first-order valence-corrected chi connectivity index (χ1v) is 10.7. The van der Waals surface area contributed by atoms with Gasteiger partial charge in [0.2, 0.25) is 5.91 Å². The van der Waals surface area contributed by atoms with E-state index >= 15 is 0 Å². The molecule has 0 fully saturated rings. The van der Waals surface area contributed by atoms with E-state index in [4.69, 9.17) is 0 Å². The quantitative estimate of drug-likeness (QED) is 0.308. The van der Waals surface area contributed by atoms with Crippen molar-refractivity contribution in [2.45, 2.75) is 96.4 Å². The van der Waals surface area contributed by atoms with Crippen molar-refractivity contribution in [3.8, 4) is 0 Å². The zero-order valence-corrected chi connectivity index (χ0v) is 16.9. The second-order valence-electron chi connectivity index (χ2n) is 7.43. The van der Waals surface area contributed by atoms with E-state index in [-0.39, 0.29) is 35.5 Å². The van der Waals surface area contributed by atoms with E-state index in [2.05, 4.69) is 12.2 Å². The predicted octanol–water partition coefficient (Wildman–Crippen LogP) is 4.85. The maximum absolute atomic E-state index is 12.0. The molecule has 154 valence electrons. The summed E-state index contributed by atoms with van der Waals surface area (Å²) in [6.45, 7) is 2.24. The van der Waals surface area contributed by atoms with Crippen LogP contribution in [-0.2, 0) is 16.0 Å². The van der Waals surface area contributed by atoms with E-state index in [1.807, 2.05) is 30.3 Å². The molecule has 2 N–H and O–H groups in total. The SMILES string of the molecule is CCCCCCCCCCCCCC(=O)N[C@@H](Cc1ccccc1)C(=O)O.[NaH]. The van der Waals surface area contributed by atoms with Crippen molar-refractivity contribution in [2.75, 3.05) is 0 Å². The molecule has 1 atom stereocenters. The molecule has 1 amide bonds. The molecule has 1 rings (SSSR count). The molecule has 0 aliphatic heterocycles. The maximum atomic E-state index is 12.0. The van der Waals surface area contributed by atoms with Crippen molar-refractivity contribution in [2.24, 2.45) is 0 Å². The average molecular weight is 400 g/mol. The van der Waals surface area contributed by atoms with Crippen LogP contribution in [0.4, 0.5) is 0 Å². The molecule has 0 heterocycles. The molecule has 0 spiro atoms. The van der Waals surface area contributed by atoms with Gasteiger partial charge >= 0.3 is 35.5 Å². The van der Waals surface area contributed by atoms with E-state index in [0.29, 0.717) is 12.8 Å². The van der Waals surface area contributed by atoms with Gasteiger partial charge in [-0.2, -0.15) is 0 Å². The van der Waals surface area contributed by atoms with E-state index in [0.717, 1.165) is 24.8 Å². The van der Waals surface area contributed by atoms with Crippen molar-refractivity contribution < 1.29 is 14.7 Å². The molecule has 0 aromatic heterocycles. The number of hydrogen-bond acceptors (Lipinski definition) is 2. The van der Waals surface area contributed by atoms with Gasteiger partial charge in [0.15, 0.2) is 0 Å². The minimum atomic E-state index is -0.980. The second kappa shape index (κ2) is 18.2. The fourth-order valence-corrected chi connectivity index (χ4v) is 3.27. The Kier molecular flexibility index (Phi) is 17.7. The number of carboxylic acids is 1. The molecule has 1 aromatic rings. The fourth-order valence-electron chi connectivity index (χ4n) is 3.27. The zero-order chi connectivity index (χ0) is 19.7. The summed E-state index contributed by atoms with van der Waals surface area (Å²) in [6.07, 6.45) is 14.4. The Labute approximate surface area is 193 Å². The Bertz CT molecular complexity index is 522. The van der Waals surface area contributed by atoms with Crippen LogP contribution < -0.4 is 5.32 Å². The third-order valence-corrected chi connectivity index (χ3v) is 4.92. The van der Waals surface area contributed by atoms with Crippen LogP contribution in [0.1, 0.15) is 89.5 Å². The molecule has 0 radical (unpaired) electrons. The Balaban J connectivity index is 0.00000729. The Morgan fingerprint density at radius 3 is 1.86 bits per heavy atom. The number of aliphatic carboxylic acids is 1. The van der Waals surface area contributed by atoms with Crippen molar-refractivity contribution in [1.82, 2.24) is 5.32 Å². The number of hydrogen-bond donors (Lipinski definition) is 2. The number of unbranched alkanes of at least 4 members (excludes halogenated alkanes) is 10. The first-order chi connectivity index (χ1) is 13.1. The molecule has 5 heteroatoms. The summed E-state index contributed by atoms with van der Waals surface area (Å²) < 4.78 is 0. The van der Waals surface area contributed by atoms with Crippen LogP contribution in [-0.4, -0.2) is 52.6 Å². The van der Waals surface area contributed by atoms with Crippen molar-refractivity contribution in [3.05, 3.63) is 35.9 Å². The van der Waals surface area contributed by atoms with Gasteiger partial charge in [-0.15, -0.1) is 0 Å². The minimum absolute atomic E-state index is 0. The Morgan fingerprint density at radius 1 is 0.857 bits per heavy atom. The van der Waals surface area contributed by atoms with Gasteiger partial charge < -0.3 is 10.4 Å². The van der Waals surface area contributed by atoms with Crippen LogP contribution in [0.3, 0.4) is 0 Å². The predicted molar refractivity (Wildman–Crippen MR) is 118 cm³/mol. The number of nitrogens with one attached hydrogen (secondary N) is 1. The molecule has 1 aromatic carbocycles. The van der Waals surface area contributed by atoms with Gasteiger partial charge in [0.25, 0.3) is 0 Å². The summed E-state index contributed by atoms with van der Waals surface area (Å²) in [7, 11) is 0. The zero-order valence-electron chi connectivity index (χ0n) is 16.9. The second-order valence-corrected chi connectivity index (χ2v) is 7.43. The number of benzene rings is 1. The summed E-state index contributed by atoms with van der Waals surface area (Å²) in [5.41, 5.74) is 0.917. The molecule has 0 saturated heterocycles. The number of amides is 1. The summed E-state index contributed by atoms with van der Waals surface area (Å²) in [6, 6.07) is 8.55. The fraction of sp³-hybridized carbons (Fsp3) is 0.652. The average Bonchev–Trinajstić information content (AvgIpc) is 2.66. The summed E-state index contributed by atoms with van der Waals surface area (Å²) >= 11 is 0. The van der Waals surface area contributed by atoms with Gasteiger partial charge in [-0.05, 0) is 12.0 Å². The van der Waals surface area contributed by atoms with Gasteiger partial charge in [0, 0.05) is 12.8 Å². The molecular weight excluding hydrogens is 361 g/mol. The van der Waals surface area contributed by atoms with Crippen molar-refractivity contribution in [3.63, 3.8) is 0 Å². The molecule has 0 bridgehead atoms. The number of carbonyl (C=O) groups is 2. The summed E-state index contributed by atoms with van der Waals surface area (Å²) in [5.74, 6) is -1.14. The third-order valence-electron chi connectivity index (χ3n) is 4.92. The molecule has 4 nitrogen and oxygen atoms in total.